The van der Waals surface area contributed by atoms with E-state index < -0.39 is 58.1 Å². The van der Waals surface area contributed by atoms with Crippen LogP contribution in [0, 0.1) is 59.2 Å². The van der Waals surface area contributed by atoms with Crippen molar-refractivity contribution in [3.05, 3.63) is 70.8 Å². The van der Waals surface area contributed by atoms with Crippen LogP contribution in [0.3, 0.4) is 0 Å². The number of ether oxygens (including phenoxy) is 1. The number of hydrogen-bond donors (Lipinski definition) is 10. The standard InChI is InChI=1S/C22H26N2O5.C21H25N3O5/c1-21(2,23)18(20(27)29-3)24-19(26)17-9-7-15(8-10-17)6-4-5-11-22(28)12-16(13-22)14-25;1-20(2,22)17(19(27)24-29)23-18(26)16-8-6-14(7-9-16)5-3-4-10-21(28)11-15(12-21)13-25/h7-10,16,18,25,28H,12-14,23H2,1-3H3,(H,24,26);6-9,15,17,25,28-29H,11-13,22H2,1-2H3,(H,23,26)(H,24,27)/t16?,18-,22?;15?,17-,21?/m11/s1. The van der Waals surface area contributed by atoms with Crippen molar-refractivity contribution >= 4 is 23.7 Å². The van der Waals surface area contributed by atoms with Crippen molar-refractivity contribution in [2.24, 2.45) is 23.3 Å². The third-order valence-corrected chi connectivity index (χ3v) is 9.29. The van der Waals surface area contributed by atoms with Crippen LogP contribution in [0.4, 0.5) is 0 Å². The van der Waals surface area contributed by atoms with Crippen LogP contribution >= 0.6 is 0 Å². The first-order chi connectivity index (χ1) is 27.2. The number of nitrogens with one attached hydrogen (secondary N) is 3. The van der Waals surface area contributed by atoms with Gasteiger partial charge in [0.05, 0.1) is 7.11 Å². The monoisotopic (exact) mass is 797 g/mol. The van der Waals surface area contributed by atoms with Gasteiger partial charge in [0.1, 0.15) is 23.3 Å². The van der Waals surface area contributed by atoms with E-state index >= 15 is 0 Å². The van der Waals surface area contributed by atoms with Crippen LogP contribution in [0.15, 0.2) is 48.5 Å². The fraction of sp³-hybridized carbons (Fsp3) is 0.442. The van der Waals surface area contributed by atoms with Gasteiger partial charge in [0.15, 0.2) is 0 Å². The maximum Gasteiger partial charge on any atom is 0.330 e. The summed E-state index contributed by atoms with van der Waals surface area (Å²) in [5.41, 5.74) is 11.0. The summed E-state index contributed by atoms with van der Waals surface area (Å²) in [4.78, 5) is 48.4. The Hall–Kier alpha value is -5.72. The molecule has 2 aromatic rings. The minimum atomic E-state index is -1.13. The first-order valence-electron chi connectivity index (χ1n) is 18.3. The number of benzene rings is 2. The minimum Gasteiger partial charge on any atom is -0.467 e. The maximum atomic E-state index is 12.4. The van der Waals surface area contributed by atoms with Gasteiger partial charge in [-0.3, -0.25) is 19.6 Å². The summed E-state index contributed by atoms with van der Waals surface area (Å²) in [6, 6.07) is 10.7. The third kappa shape index (κ3) is 13.7. The first kappa shape index (κ1) is 46.7. The summed E-state index contributed by atoms with van der Waals surface area (Å²) in [6.07, 6.45) is 1.79. The molecule has 0 heterocycles. The SMILES string of the molecule is CC(C)(N)[C@H](NC(=O)c1ccc(C#CC#CC2(O)CC(CO)C2)cc1)C(=O)NO.COC(=O)[C@@H](NC(=O)c1ccc(C#CC#CC2(O)CC(CO)C2)cc1)C(C)(C)N. The molecule has 3 amide bonds. The molecule has 0 saturated heterocycles. The quantitative estimate of drug-likeness (QED) is 0.0643. The summed E-state index contributed by atoms with van der Waals surface area (Å²) >= 11 is 0. The largest absolute Gasteiger partial charge is 0.467 e. The Kier molecular flexibility index (Phi) is 16.2. The molecule has 2 aliphatic carbocycles. The Bertz CT molecular complexity index is 1900. The highest BCUT2D eigenvalue weighted by Crippen LogP contribution is 2.37. The van der Waals surface area contributed by atoms with E-state index in [0.29, 0.717) is 47.9 Å². The molecule has 0 aromatic heterocycles. The van der Waals surface area contributed by atoms with E-state index in [1.54, 1.807) is 64.1 Å². The average molecular weight is 798 g/mol. The van der Waals surface area contributed by atoms with E-state index in [0.717, 1.165) is 0 Å². The van der Waals surface area contributed by atoms with Crippen LogP contribution in [0.1, 0.15) is 85.2 Å². The minimum absolute atomic E-state index is 0.0454. The van der Waals surface area contributed by atoms with Crippen LogP contribution in [0.2, 0.25) is 0 Å². The molecule has 2 atom stereocenters. The highest BCUT2D eigenvalue weighted by molar-refractivity contribution is 5.98. The predicted molar refractivity (Wildman–Crippen MR) is 213 cm³/mol. The molecule has 15 nitrogen and oxygen atoms in total. The Morgan fingerprint density at radius 3 is 1.38 bits per heavy atom. The lowest BCUT2D eigenvalue weighted by Crippen LogP contribution is -2.61. The topological polar surface area (TPSA) is 267 Å². The summed E-state index contributed by atoms with van der Waals surface area (Å²) < 4.78 is 4.70. The second kappa shape index (κ2) is 20.1. The number of methoxy groups -OCH3 is 1. The number of amides is 3. The molecule has 4 rings (SSSR count). The molecule has 12 N–H and O–H groups in total. The van der Waals surface area contributed by atoms with E-state index in [-0.39, 0.29) is 25.0 Å². The summed E-state index contributed by atoms with van der Waals surface area (Å²) in [7, 11) is 1.23. The molecular weight excluding hydrogens is 746 g/mol. The molecule has 0 unspecified atom stereocenters. The molecule has 15 heteroatoms. The molecule has 0 spiro atoms. The molecule has 2 fully saturated rings. The number of aliphatic hydroxyl groups excluding tert-OH is 2. The number of esters is 1. The smallest absolute Gasteiger partial charge is 0.330 e. The number of hydroxylamine groups is 1. The van der Waals surface area contributed by atoms with Gasteiger partial charge in [-0.2, -0.15) is 0 Å². The van der Waals surface area contributed by atoms with Gasteiger partial charge in [0.25, 0.3) is 17.7 Å². The average Bonchev–Trinajstić information content (AvgIpc) is 3.16. The van der Waals surface area contributed by atoms with Crippen molar-refractivity contribution in [1.29, 1.82) is 0 Å². The maximum absolute atomic E-state index is 12.4. The van der Waals surface area contributed by atoms with Crippen LogP contribution in [-0.4, -0.2) is 104 Å². The van der Waals surface area contributed by atoms with Crippen molar-refractivity contribution in [1.82, 2.24) is 16.1 Å². The summed E-state index contributed by atoms with van der Waals surface area (Å²) in [6.45, 7) is 6.45. The molecular formula is C43H51N5O10. The Morgan fingerprint density at radius 1 is 0.707 bits per heavy atom. The fourth-order valence-electron chi connectivity index (χ4n) is 5.91. The highest BCUT2D eigenvalue weighted by atomic mass is 16.5. The number of aliphatic hydroxyl groups is 4. The number of carbonyl (C=O) groups excluding carboxylic acids is 4. The molecule has 2 aromatic carbocycles. The number of rotatable bonds is 10. The molecule has 58 heavy (non-hydrogen) atoms. The molecule has 0 aliphatic heterocycles. The van der Waals surface area contributed by atoms with E-state index in [9.17, 15) is 29.4 Å². The van der Waals surface area contributed by atoms with Gasteiger partial charge in [-0.25, -0.2) is 10.3 Å². The van der Waals surface area contributed by atoms with E-state index in [2.05, 4.69) is 58.0 Å². The zero-order valence-corrected chi connectivity index (χ0v) is 33.1. The zero-order valence-electron chi connectivity index (χ0n) is 33.1. The van der Waals surface area contributed by atoms with Crippen molar-refractivity contribution in [3.8, 4) is 47.4 Å². The normalized spacial score (nSPS) is 21.4. The number of nitrogens with two attached hydrogens (primary N) is 2. The molecule has 0 radical (unpaired) electrons. The molecule has 308 valence electrons. The predicted octanol–water partition coefficient (Wildman–Crippen LogP) is -0.300. The number of carbonyl (C=O) groups is 4. The van der Waals surface area contributed by atoms with Gasteiger partial charge in [0, 0.05) is 46.5 Å². The van der Waals surface area contributed by atoms with Crippen molar-refractivity contribution in [3.63, 3.8) is 0 Å². The van der Waals surface area contributed by atoms with Gasteiger partial charge in [-0.15, -0.1) is 0 Å². The Morgan fingerprint density at radius 2 is 1.07 bits per heavy atom. The lowest BCUT2D eigenvalue weighted by molar-refractivity contribution is -0.144. The van der Waals surface area contributed by atoms with Crippen molar-refractivity contribution < 1.29 is 49.5 Å². The van der Waals surface area contributed by atoms with Gasteiger partial charge in [0.2, 0.25) is 0 Å². The summed E-state index contributed by atoms with van der Waals surface area (Å²) in [5.74, 6) is 19.4. The molecule has 2 saturated carbocycles. The van der Waals surface area contributed by atoms with Crippen LogP contribution < -0.4 is 27.6 Å². The molecule has 2 aliphatic rings. The van der Waals surface area contributed by atoms with Crippen LogP contribution in [0.25, 0.3) is 0 Å². The lowest BCUT2D eigenvalue weighted by Gasteiger charge is -2.38. The Labute approximate surface area is 338 Å². The first-order valence-corrected chi connectivity index (χ1v) is 18.3. The van der Waals surface area contributed by atoms with Gasteiger partial charge in [-0.05, 0) is 137 Å². The second-order valence-corrected chi connectivity index (χ2v) is 15.6. The zero-order chi connectivity index (χ0) is 43.3. The van der Waals surface area contributed by atoms with Crippen molar-refractivity contribution in [2.45, 2.75) is 87.7 Å². The van der Waals surface area contributed by atoms with Gasteiger partial charge < -0.3 is 47.3 Å². The summed E-state index contributed by atoms with van der Waals surface area (Å²) in [5, 5.41) is 52.0. The third-order valence-electron chi connectivity index (χ3n) is 9.29. The lowest BCUT2D eigenvalue weighted by atomic mass is 9.72. The van der Waals surface area contributed by atoms with Crippen LogP contribution in [-0.2, 0) is 14.3 Å². The van der Waals surface area contributed by atoms with E-state index in [4.69, 9.17) is 31.6 Å². The number of hydrogen-bond acceptors (Lipinski definition) is 12. The second-order valence-electron chi connectivity index (χ2n) is 15.6. The van der Waals surface area contributed by atoms with Gasteiger partial charge in [-0.1, -0.05) is 23.7 Å². The van der Waals surface area contributed by atoms with E-state index in [1.807, 2.05) is 0 Å². The molecule has 0 bridgehead atoms. The van der Waals surface area contributed by atoms with Crippen LogP contribution in [0.5, 0.6) is 0 Å². The van der Waals surface area contributed by atoms with E-state index in [1.165, 1.54) is 24.7 Å². The van der Waals surface area contributed by atoms with Crippen molar-refractivity contribution in [2.75, 3.05) is 20.3 Å². The highest BCUT2D eigenvalue weighted by Gasteiger charge is 2.41. The van der Waals surface area contributed by atoms with Gasteiger partial charge >= 0.3 is 5.97 Å². The fourth-order valence-corrected chi connectivity index (χ4v) is 5.91. The Balaban J connectivity index is 0.000000310.